The van der Waals surface area contributed by atoms with Gasteiger partial charge in [0.05, 0.1) is 0 Å². The van der Waals surface area contributed by atoms with E-state index in [2.05, 4.69) is 5.32 Å². The molecule has 0 aliphatic heterocycles. The Bertz CT molecular complexity index is 520. The fourth-order valence-corrected chi connectivity index (χ4v) is 1.64. The molecular formula is C15H20ClNO3. The van der Waals surface area contributed by atoms with Gasteiger partial charge in [-0.05, 0) is 52.3 Å². The third-order valence-electron chi connectivity index (χ3n) is 2.54. The Morgan fingerprint density at radius 2 is 1.90 bits per heavy atom. The van der Waals surface area contributed by atoms with Crippen molar-refractivity contribution in [2.75, 3.05) is 0 Å². The number of hydrogen-bond acceptors (Lipinski definition) is 3. The van der Waals surface area contributed by atoms with E-state index >= 15 is 0 Å². The number of nitrogens with one attached hydrogen (secondary N) is 1. The van der Waals surface area contributed by atoms with Gasteiger partial charge in [0.1, 0.15) is 11.6 Å². The van der Waals surface area contributed by atoms with Crippen LogP contribution < -0.4 is 5.32 Å². The SMILES string of the molecule is Cc1ccc(C(=O)N[C@H](C)C(=O)OC(C)(C)C)cc1Cl. The van der Waals surface area contributed by atoms with Crippen molar-refractivity contribution < 1.29 is 14.3 Å². The van der Waals surface area contributed by atoms with Crippen molar-refractivity contribution in [3.05, 3.63) is 34.3 Å². The van der Waals surface area contributed by atoms with Crippen LogP contribution in [-0.4, -0.2) is 23.5 Å². The number of hydrogen-bond donors (Lipinski definition) is 1. The first kappa shape index (κ1) is 16.5. The molecule has 0 saturated heterocycles. The highest BCUT2D eigenvalue weighted by Crippen LogP contribution is 2.16. The van der Waals surface area contributed by atoms with Gasteiger partial charge < -0.3 is 10.1 Å². The smallest absolute Gasteiger partial charge is 0.328 e. The minimum atomic E-state index is -0.721. The summed E-state index contributed by atoms with van der Waals surface area (Å²) in [5, 5.41) is 3.11. The number of carbonyl (C=O) groups excluding carboxylic acids is 2. The molecule has 1 N–H and O–H groups in total. The molecule has 110 valence electrons. The summed E-state index contributed by atoms with van der Waals surface area (Å²) in [7, 11) is 0. The number of ether oxygens (including phenoxy) is 1. The molecule has 20 heavy (non-hydrogen) atoms. The molecule has 0 unspecified atom stereocenters. The van der Waals surface area contributed by atoms with Crippen LogP contribution in [0, 0.1) is 6.92 Å². The first-order valence-corrected chi connectivity index (χ1v) is 6.78. The van der Waals surface area contributed by atoms with Crippen LogP contribution in [0.15, 0.2) is 18.2 Å². The second-order valence-electron chi connectivity index (χ2n) is 5.69. The monoisotopic (exact) mass is 297 g/mol. The largest absolute Gasteiger partial charge is 0.458 e. The Morgan fingerprint density at radius 3 is 2.40 bits per heavy atom. The number of esters is 1. The van der Waals surface area contributed by atoms with E-state index in [1.807, 2.05) is 6.92 Å². The van der Waals surface area contributed by atoms with Crippen LogP contribution in [0.3, 0.4) is 0 Å². The summed E-state index contributed by atoms with van der Waals surface area (Å²) >= 11 is 5.97. The molecule has 1 aromatic rings. The molecule has 0 heterocycles. The molecule has 1 aromatic carbocycles. The van der Waals surface area contributed by atoms with E-state index in [0.29, 0.717) is 10.6 Å². The highest BCUT2D eigenvalue weighted by Gasteiger charge is 2.23. The van der Waals surface area contributed by atoms with Crippen LogP contribution in [0.5, 0.6) is 0 Å². The average molecular weight is 298 g/mol. The van der Waals surface area contributed by atoms with Crippen LogP contribution in [0.2, 0.25) is 5.02 Å². The molecule has 0 aliphatic carbocycles. The normalized spacial score (nSPS) is 12.7. The zero-order valence-electron chi connectivity index (χ0n) is 12.4. The molecule has 0 fully saturated rings. The van der Waals surface area contributed by atoms with E-state index in [0.717, 1.165) is 5.56 Å². The molecule has 1 atom stereocenters. The minimum absolute atomic E-state index is 0.356. The molecule has 0 spiro atoms. The quantitative estimate of drug-likeness (QED) is 0.872. The Kier molecular flexibility index (Phi) is 5.17. The number of carbonyl (C=O) groups is 2. The van der Waals surface area contributed by atoms with E-state index in [-0.39, 0.29) is 5.91 Å². The van der Waals surface area contributed by atoms with E-state index in [9.17, 15) is 9.59 Å². The number of halogens is 1. The second-order valence-corrected chi connectivity index (χ2v) is 6.10. The summed E-state index contributed by atoms with van der Waals surface area (Å²) in [5.74, 6) is -0.825. The van der Waals surface area contributed by atoms with Gasteiger partial charge in [-0.1, -0.05) is 17.7 Å². The Labute approximate surface area is 124 Å². The fraction of sp³-hybridized carbons (Fsp3) is 0.467. The van der Waals surface area contributed by atoms with E-state index in [1.165, 1.54) is 0 Å². The van der Waals surface area contributed by atoms with Gasteiger partial charge in [0, 0.05) is 10.6 Å². The van der Waals surface area contributed by atoms with Crippen molar-refractivity contribution in [2.45, 2.75) is 46.3 Å². The maximum Gasteiger partial charge on any atom is 0.328 e. The summed E-state index contributed by atoms with van der Waals surface area (Å²) < 4.78 is 5.20. The maximum atomic E-state index is 12.0. The first-order chi connectivity index (χ1) is 9.10. The third-order valence-corrected chi connectivity index (χ3v) is 2.95. The molecule has 0 saturated carbocycles. The Hall–Kier alpha value is -1.55. The molecular weight excluding hydrogens is 278 g/mol. The average Bonchev–Trinajstić information content (AvgIpc) is 2.30. The summed E-state index contributed by atoms with van der Waals surface area (Å²) in [6.07, 6.45) is 0. The molecule has 4 nitrogen and oxygen atoms in total. The second kappa shape index (κ2) is 6.27. The van der Waals surface area contributed by atoms with Gasteiger partial charge in [-0.3, -0.25) is 4.79 Å². The van der Waals surface area contributed by atoms with Crippen molar-refractivity contribution in [1.29, 1.82) is 0 Å². The lowest BCUT2D eigenvalue weighted by Crippen LogP contribution is -2.42. The molecule has 0 aliphatic rings. The van der Waals surface area contributed by atoms with Crippen molar-refractivity contribution in [1.82, 2.24) is 5.32 Å². The number of benzene rings is 1. The lowest BCUT2D eigenvalue weighted by atomic mass is 10.1. The van der Waals surface area contributed by atoms with Gasteiger partial charge in [0.2, 0.25) is 0 Å². The van der Waals surface area contributed by atoms with Crippen molar-refractivity contribution in [3.8, 4) is 0 Å². The van der Waals surface area contributed by atoms with Crippen LogP contribution >= 0.6 is 11.6 Å². The van der Waals surface area contributed by atoms with Crippen LogP contribution in [0.4, 0.5) is 0 Å². The van der Waals surface area contributed by atoms with Gasteiger partial charge in [-0.25, -0.2) is 4.79 Å². The highest BCUT2D eigenvalue weighted by atomic mass is 35.5. The van der Waals surface area contributed by atoms with E-state index < -0.39 is 17.6 Å². The predicted octanol–water partition coefficient (Wildman–Crippen LogP) is 3.11. The highest BCUT2D eigenvalue weighted by molar-refractivity contribution is 6.31. The minimum Gasteiger partial charge on any atom is -0.458 e. The van der Waals surface area contributed by atoms with E-state index in [4.69, 9.17) is 16.3 Å². The number of rotatable bonds is 3. The van der Waals surface area contributed by atoms with Crippen molar-refractivity contribution >= 4 is 23.5 Å². The lowest BCUT2D eigenvalue weighted by molar-refractivity contribution is -0.156. The van der Waals surface area contributed by atoms with Crippen LogP contribution in [0.25, 0.3) is 0 Å². The van der Waals surface area contributed by atoms with Gasteiger partial charge in [-0.15, -0.1) is 0 Å². The summed E-state index contributed by atoms with van der Waals surface area (Å²) in [6, 6.07) is 4.28. The van der Waals surface area contributed by atoms with Gasteiger partial charge >= 0.3 is 5.97 Å². The van der Waals surface area contributed by atoms with Crippen LogP contribution in [0.1, 0.15) is 43.6 Å². The van der Waals surface area contributed by atoms with Crippen molar-refractivity contribution in [3.63, 3.8) is 0 Å². The molecule has 1 amide bonds. The first-order valence-electron chi connectivity index (χ1n) is 6.40. The maximum absolute atomic E-state index is 12.0. The number of aryl methyl sites for hydroxylation is 1. The summed E-state index contributed by atoms with van der Waals surface area (Å²) in [6.45, 7) is 8.77. The third kappa shape index (κ3) is 4.85. The zero-order valence-corrected chi connectivity index (χ0v) is 13.2. The van der Waals surface area contributed by atoms with Gasteiger partial charge in [0.15, 0.2) is 0 Å². The standard InChI is InChI=1S/C15H20ClNO3/c1-9-6-7-11(8-12(9)16)13(18)17-10(2)14(19)20-15(3,4)5/h6-8,10H,1-5H3,(H,17,18)/t10-/m1/s1. The molecule has 5 heteroatoms. The number of amides is 1. The molecule has 0 bridgehead atoms. The Balaban J connectivity index is 2.70. The molecule has 1 rings (SSSR count). The zero-order chi connectivity index (χ0) is 15.5. The summed E-state index contributed by atoms with van der Waals surface area (Å²) in [4.78, 5) is 23.8. The lowest BCUT2D eigenvalue weighted by Gasteiger charge is -2.22. The molecule has 0 aromatic heterocycles. The fourth-order valence-electron chi connectivity index (χ4n) is 1.46. The predicted molar refractivity (Wildman–Crippen MR) is 79.0 cm³/mol. The Morgan fingerprint density at radius 1 is 1.30 bits per heavy atom. The molecule has 0 radical (unpaired) electrons. The van der Waals surface area contributed by atoms with E-state index in [1.54, 1.807) is 45.9 Å². The van der Waals surface area contributed by atoms with Crippen molar-refractivity contribution in [2.24, 2.45) is 0 Å². The topological polar surface area (TPSA) is 55.4 Å². The van der Waals surface area contributed by atoms with Crippen LogP contribution in [-0.2, 0) is 9.53 Å². The van der Waals surface area contributed by atoms with Gasteiger partial charge in [-0.2, -0.15) is 0 Å². The van der Waals surface area contributed by atoms with Gasteiger partial charge in [0.25, 0.3) is 5.91 Å². The summed E-state index contributed by atoms with van der Waals surface area (Å²) in [5.41, 5.74) is 0.725.